The van der Waals surface area contributed by atoms with Gasteiger partial charge in [-0.15, -0.1) is 0 Å². The number of benzene rings is 5. The summed E-state index contributed by atoms with van der Waals surface area (Å²) in [5, 5.41) is 31.5. The molecular weight excluding hydrogens is 1540 g/mol. The highest BCUT2D eigenvalue weighted by atomic mass is 31.2. The molecule has 3 fully saturated rings. The molecular formula is C90H113N3O24P-. The van der Waals surface area contributed by atoms with Crippen LogP contribution >= 0.6 is 7.82 Å². The molecule has 4 aliphatic rings. The zero-order valence-corrected chi connectivity index (χ0v) is 70.1. The molecule has 2 amide bonds. The van der Waals surface area contributed by atoms with Gasteiger partial charge in [-0.05, 0) is 90.1 Å². The predicted octanol–water partition coefficient (Wildman–Crippen LogP) is 11.9. The minimum atomic E-state index is -4.84. The molecule has 0 radical (unpaired) electrons. The number of ketones is 2. The van der Waals surface area contributed by atoms with Crippen molar-refractivity contribution in [3.05, 3.63) is 184 Å². The summed E-state index contributed by atoms with van der Waals surface area (Å²) in [6.07, 6.45) is 1.54. The molecule has 13 atom stereocenters. The smallest absolute Gasteiger partial charge is 0.350 e. The zero-order valence-electron chi connectivity index (χ0n) is 69.2. The van der Waals surface area contributed by atoms with Crippen molar-refractivity contribution in [2.75, 3.05) is 46.2 Å². The lowest BCUT2D eigenvalue weighted by atomic mass is 9.44. The van der Waals surface area contributed by atoms with Crippen molar-refractivity contribution in [2.24, 2.45) is 16.7 Å². The molecule has 0 spiro atoms. The Hall–Kier alpha value is -9.60. The molecule has 1 saturated heterocycles. The number of carbonyl (C=O) groups is 11. The molecule has 9 rings (SSSR count). The van der Waals surface area contributed by atoms with E-state index in [2.05, 4.69) is 17.6 Å². The Bertz CT molecular complexity index is 4420. The highest BCUT2D eigenvalue weighted by Gasteiger charge is 2.79. The van der Waals surface area contributed by atoms with Gasteiger partial charge in [-0.2, -0.15) is 0 Å². The molecule has 27 nitrogen and oxygen atoms in total. The summed E-state index contributed by atoms with van der Waals surface area (Å²) in [7, 11) is 0.859. The highest BCUT2D eigenvalue weighted by Crippen LogP contribution is 2.65. The minimum absolute atomic E-state index is 0.0474. The summed E-state index contributed by atoms with van der Waals surface area (Å²) in [4.78, 5) is 172. The molecule has 5 aromatic carbocycles. The second kappa shape index (κ2) is 41.4. The topological polar surface area (TPSA) is 378 Å². The van der Waals surface area contributed by atoms with Crippen molar-refractivity contribution in [3.8, 4) is 0 Å². The number of Topliss-reactive ketones (excluding diaryl/α,β-unsaturated/α-hetero) is 2. The van der Waals surface area contributed by atoms with Gasteiger partial charge in [0.05, 0.1) is 56.7 Å². The van der Waals surface area contributed by atoms with E-state index in [1.165, 1.54) is 170 Å². The Morgan fingerprint density at radius 2 is 1.23 bits per heavy atom. The largest absolute Gasteiger partial charge is 0.756 e. The summed E-state index contributed by atoms with van der Waals surface area (Å²) in [6, 6.07) is 32.8. The number of esters is 6. The van der Waals surface area contributed by atoms with Gasteiger partial charge < -0.3 is 77.2 Å². The number of carboxylic acids is 1. The van der Waals surface area contributed by atoms with Crippen LogP contribution in [0.1, 0.15) is 237 Å². The molecule has 3 aliphatic carbocycles. The monoisotopic (exact) mass is 1650 g/mol. The number of aliphatic hydroxyl groups is 1. The number of phosphoric acid groups is 1. The molecule has 118 heavy (non-hydrogen) atoms. The quantitative estimate of drug-likeness (QED) is 0.00620. The average molecular weight is 1650 g/mol. The summed E-state index contributed by atoms with van der Waals surface area (Å²) in [5.74, 6) is -13.9. The summed E-state index contributed by atoms with van der Waals surface area (Å²) >= 11 is 0. The number of nitrogens with one attached hydrogen (secondary N) is 2. The normalized spacial score (nSPS) is 23.1. The number of hydrogen-bond donors (Lipinski definition) is 3. The van der Waals surface area contributed by atoms with Gasteiger partial charge >= 0.3 is 35.8 Å². The number of nitrogens with zero attached hydrogens (tertiary/aromatic N) is 1. The van der Waals surface area contributed by atoms with Crippen LogP contribution < -0.4 is 20.6 Å². The molecule has 0 aromatic heterocycles. The fourth-order valence-corrected chi connectivity index (χ4v) is 17.6. The van der Waals surface area contributed by atoms with Gasteiger partial charge in [-0.3, -0.25) is 42.9 Å². The third kappa shape index (κ3) is 23.7. The zero-order chi connectivity index (χ0) is 85.8. The standard InChI is InChI=1S/C90H114N3O24P/c1-11-12-13-14-15-16-17-18-19-20-21-22-23-24-34-41-69(117-118(107,108)110-51-50-93(8,9)10)62-46-48-67(49-47-62)91-73(97)55-75(99)114-79(77(63-35-28-25-29-36-63)92-83(101)64-37-30-26-31-38-64)86(105)112-70-56-90(106)82(115-85(104)66-39-32-27-33-40-66)80-88(7,81(100)78(111-59(3)94)76(58(70)2)87(90,5)6)71(54-72-89(80,57-109-72)116-60(4)95)113-74(98)53-68(96)52-61-42-44-65(45-43-61)84(102)103/h25-33,35-40,42-49,69-72,77-80,82,106H,11-24,34,41,50-57H2,1-10H3,(H3-,91,92,97,101,102,103,107,108)/p-1/t69?,70-,71-,72+,77-,78+,79+,80-,82-,88+,89-,90+/m0/s1. The molecule has 2 saturated carbocycles. The van der Waals surface area contributed by atoms with Gasteiger partial charge in [0.15, 0.2) is 17.5 Å². The van der Waals surface area contributed by atoms with E-state index in [1.54, 1.807) is 54.6 Å². The van der Waals surface area contributed by atoms with Crippen molar-refractivity contribution < 1.29 is 119 Å². The van der Waals surface area contributed by atoms with E-state index in [0.717, 1.165) is 46.0 Å². The van der Waals surface area contributed by atoms with Gasteiger partial charge in [0, 0.05) is 49.8 Å². The van der Waals surface area contributed by atoms with Crippen molar-refractivity contribution in [1.29, 1.82) is 0 Å². The number of likely N-dealkylation sites (N-methyl/N-ethyl adjacent to an activating group) is 1. The third-order valence-corrected chi connectivity index (χ3v) is 24.1. The minimum Gasteiger partial charge on any atom is -0.756 e. The van der Waals surface area contributed by atoms with E-state index in [4.69, 9.17) is 42.2 Å². The second-order valence-corrected chi connectivity index (χ2v) is 34.5. The highest BCUT2D eigenvalue weighted by molar-refractivity contribution is 7.45. The van der Waals surface area contributed by atoms with Gasteiger partial charge in [-0.25, -0.2) is 9.59 Å². The van der Waals surface area contributed by atoms with Crippen LogP contribution in [-0.2, 0) is 91.5 Å². The Morgan fingerprint density at radius 1 is 0.661 bits per heavy atom. The van der Waals surface area contributed by atoms with Crippen LogP contribution in [0.4, 0.5) is 5.69 Å². The first-order chi connectivity index (χ1) is 56.0. The number of ether oxygens (including phenoxy) is 7. The third-order valence-electron chi connectivity index (χ3n) is 23.1. The number of aromatic carboxylic acids is 1. The van der Waals surface area contributed by atoms with Crippen LogP contribution in [0.25, 0.3) is 0 Å². The summed E-state index contributed by atoms with van der Waals surface area (Å²) < 4.78 is 69.1. The van der Waals surface area contributed by atoms with E-state index >= 15 is 14.4 Å². The van der Waals surface area contributed by atoms with Gasteiger partial charge in [-0.1, -0.05) is 220 Å². The number of hydrogen-bond acceptors (Lipinski definition) is 24. The molecule has 1 aliphatic heterocycles. The number of carbonyl (C=O) groups excluding carboxylic acids is 11. The Balaban J connectivity index is 1.03. The van der Waals surface area contributed by atoms with Gasteiger partial charge in [0.2, 0.25) is 12.0 Å². The van der Waals surface area contributed by atoms with Gasteiger partial charge in [0.25, 0.3) is 13.7 Å². The molecule has 1 heterocycles. The van der Waals surface area contributed by atoms with Crippen molar-refractivity contribution in [3.63, 3.8) is 0 Å². The number of phosphoric ester groups is 1. The van der Waals surface area contributed by atoms with Crippen LogP contribution in [0, 0.1) is 16.7 Å². The van der Waals surface area contributed by atoms with Crippen LogP contribution in [0.15, 0.2) is 151 Å². The Morgan fingerprint density at radius 3 is 1.77 bits per heavy atom. The molecule has 2 unspecified atom stereocenters. The number of fused-ring (bicyclic) bond motifs is 5. The van der Waals surface area contributed by atoms with E-state index < -0.39 is 182 Å². The van der Waals surface area contributed by atoms with Crippen LogP contribution in [0.3, 0.4) is 0 Å². The first-order valence-corrected chi connectivity index (χ1v) is 42.4. The lowest BCUT2D eigenvalue weighted by Crippen LogP contribution is -2.82. The number of rotatable bonds is 43. The van der Waals surface area contributed by atoms with Crippen molar-refractivity contribution >= 4 is 78.7 Å². The molecule has 3 N–H and O–H groups in total. The fraction of sp³-hybridized carbons (Fsp3) is 0.522. The summed E-state index contributed by atoms with van der Waals surface area (Å²) in [6.45, 7) is 9.69. The maximum Gasteiger partial charge on any atom is 0.350 e. The lowest BCUT2D eigenvalue weighted by molar-refractivity contribution is -0.870. The maximum atomic E-state index is 16.8. The fourth-order valence-electron chi connectivity index (χ4n) is 16.7. The molecule has 2 bridgehead atoms. The van der Waals surface area contributed by atoms with E-state index in [-0.39, 0.29) is 52.1 Å². The second-order valence-electron chi connectivity index (χ2n) is 33.1. The SMILES string of the molecule is CCCCCCCCCCCCCCCCCC(OP(=O)([O-])OCC[N+](C)(C)C)c1ccc(NC(=O)CC(=O)O[C@@H](C(=O)O[C@H]2C[C@@]3(O)[C@@H](OC(=O)c4ccccc4)[C@@H]4[C@]5(OC(C)=O)CO[C@@H]5C[C@H](OC(=O)CC(=O)Cc5ccc(C(=O)[O-])cc5)[C@@]4(C)C(=O)[C@H](OC(C)=O)C(=C2C)C3(C)C)[C@@H](NC(=O)c2ccccc2)c2ccccc2)cc1. The van der Waals surface area contributed by atoms with Crippen molar-refractivity contribution in [1.82, 2.24) is 5.32 Å². The number of carboxylic acid groups (broad SMARTS) is 1. The van der Waals surface area contributed by atoms with Crippen LogP contribution in [-0.4, -0.2) is 163 Å². The lowest BCUT2D eigenvalue weighted by Gasteiger charge is -2.67. The van der Waals surface area contributed by atoms with E-state index in [9.17, 15) is 58.0 Å². The molecule has 28 heteroatoms. The number of amides is 2. The Labute approximate surface area is 690 Å². The average Bonchev–Trinajstić information content (AvgIpc) is 0.666. The number of quaternary nitrogens is 1. The Kier molecular flexibility index (Phi) is 32.4. The maximum absolute atomic E-state index is 16.8. The van der Waals surface area contributed by atoms with Crippen LogP contribution in [0.2, 0.25) is 0 Å². The first-order valence-electron chi connectivity index (χ1n) is 40.9. The first kappa shape index (κ1) is 92.3. The molecule has 5 aromatic rings. The van der Waals surface area contributed by atoms with Gasteiger partial charge in [0.1, 0.15) is 67.8 Å². The predicted molar refractivity (Wildman–Crippen MR) is 429 cm³/mol. The molecule has 638 valence electrons. The number of unbranched alkanes of at least 4 members (excludes halogenated alkanes) is 14. The van der Waals surface area contributed by atoms with Crippen LogP contribution in [0.5, 0.6) is 0 Å². The van der Waals surface area contributed by atoms with E-state index in [0.29, 0.717) is 35.0 Å². The van der Waals surface area contributed by atoms with Crippen molar-refractivity contribution in [2.45, 2.75) is 243 Å². The number of anilines is 1. The van der Waals surface area contributed by atoms with E-state index in [1.807, 2.05) is 21.1 Å². The summed E-state index contributed by atoms with van der Waals surface area (Å²) in [5.41, 5.74) is -8.47.